The van der Waals surface area contributed by atoms with E-state index in [9.17, 15) is 9.59 Å². The maximum Gasteiger partial charge on any atom is 0.223 e. The van der Waals surface area contributed by atoms with E-state index in [0.717, 1.165) is 16.5 Å². The molecular weight excluding hydrogens is 334 g/mol. The molecule has 2 amide bonds. The van der Waals surface area contributed by atoms with Gasteiger partial charge in [-0.1, -0.05) is 18.2 Å². The number of nitrogens with two attached hydrogens (primary N) is 1. The molecule has 2 heterocycles. The largest absolute Gasteiger partial charge is 0.382 e. The highest BCUT2D eigenvalue weighted by Crippen LogP contribution is 2.24. The molecule has 140 valence electrons. The van der Waals surface area contributed by atoms with Crippen molar-refractivity contribution in [1.29, 1.82) is 0 Å². The molecule has 1 fully saturated rings. The number of nitrogens with one attached hydrogen (secondary N) is 1. The molecule has 0 saturated carbocycles. The standard InChI is InChI=1S/C19H25N3O4/c1-25-13-19(10-17(20)23)12-22(8-9-26-19)18(24)7-6-14-11-21-16-5-3-2-4-15(14)16/h2-5,11,21H,6-10,12-13H2,1H3,(H2,20,23)/t19-/m0/s1. The first-order valence-electron chi connectivity index (χ1n) is 8.77. The van der Waals surface area contributed by atoms with Gasteiger partial charge in [-0.05, 0) is 18.1 Å². The van der Waals surface area contributed by atoms with Gasteiger partial charge >= 0.3 is 0 Å². The zero-order chi connectivity index (χ0) is 18.6. The van der Waals surface area contributed by atoms with Crippen molar-refractivity contribution in [3.05, 3.63) is 36.0 Å². The molecule has 3 rings (SSSR count). The lowest BCUT2D eigenvalue weighted by atomic mass is 9.97. The average Bonchev–Trinajstić information content (AvgIpc) is 3.02. The van der Waals surface area contributed by atoms with Crippen LogP contribution >= 0.6 is 0 Å². The number of morpholine rings is 1. The first-order chi connectivity index (χ1) is 12.5. The Labute approximate surface area is 152 Å². The van der Waals surface area contributed by atoms with E-state index in [1.54, 1.807) is 12.0 Å². The van der Waals surface area contributed by atoms with Crippen molar-refractivity contribution in [3.63, 3.8) is 0 Å². The van der Waals surface area contributed by atoms with Gasteiger partial charge in [-0.25, -0.2) is 0 Å². The third kappa shape index (κ3) is 4.05. The number of fused-ring (bicyclic) bond motifs is 1. The number of para-hydroxylation sites is 1. The zero-order valence-electron chi connectivity index (χ0n) is 15.0. The predicted octanol–water partition coefficient (Wildman–Crippen LogP) is 1.22. The smallest absolute Gasteiger partial charge is 0.223 e. The summed E-state index contributed by atoms with van der Waals surface area (Å²) in [6.45, 7) is 1.42. The molecule has 0 radical (unpaired) electrons. The number of H-pyrrole nitrogens is 1. The van der Waals surface area contributed by atoms with Gasteiger partial charge in [0.1, 0.15) is 5.60 Å². The number of hydrogen-bond donors (Lipinski definition) is 2. The minimum Gasteiger partial charge on any atom is -0.382 e. The third-order valence-corrected chi connectivity index (χ3v) is 4.79. The fraction of sp³-hybridized carbons (Fsp3) is 0.474. The van der Waals surface area contributed by atoms with Crippen molar-refractivity contribution in [2.45, 2.75) is 24.9 Å². The number of methoxy groups -OCH3 is 1. The monoisotopic (exact) mass is 359 g/mol. The lowest BCUT2D eigenvalue weighted by molar-refractivity contribution is -0.166. The topological polar surface area (TPSA) is 97.6 Å². The highest BCUT2D eigenvalue weighted by Gasteiger charge is 2.39. The second-order valence-electron chi connectivity index (χ2n) is 6.78. The van der Waals surface area contributed by atoms with Crippen molar-refractivity contribution in [1.82, 2.24) is 9.88 Å². The van der Waals surface area contributed by atoms with E-state index in [4.69, 9.17) is 15.2 Å². The summed E-state index contributed by atoms with van der Waals surface area (Å²) < 4.78 is 11.0. The van der Waals surface area contributed by atoms with Crippen LogP contribution in [0.5, 0.6) is 0 Å². The fourth-order valence-corrected chi connectivity index (χ4v) is 3.62. The van der Waals surface area contributed by atoms with E-state index >= 15 is 0 Å². The van der Waals surface area contributed by atoms with Crippen molar-refractivity contribution in [2.75, 3.05) is 33.4 Å². The Balaban J connectivity index is 1.64. The number of carbonyl (C=O) groups excluding carboxylic acids is 2. The summed E-state index contributed by atoms with van der Waals surface area (Å²) in [4.78, 5) is 29.1. The number of aryl methyl sites for hydroxylation is 1. The molecule has 1 aliphatic heterocycles. The van der Waals surface area contributed by atoms with Crippen LogP contribution in [0.25, 0.3) is 10.9 Å². The Hall–Kier alpha value is -2.38. The van der Waals surface area contributed by atoms with Crippen molar-refractivity contribution >= 4 is 22.7 Å². The summed E-state index contributed by atoms with van der Waals surface area (Å²) >= 11 is 0. The number of amides is 2. The summed E-state index contributed by atoms with van der Waals surface area (Å²) in [5.41, 5.74) is 6.70. The summed E-state index contributed by atoms with van der Waals surface area (Å²) in [5, 5.41) is 1.14. The van der Waals surface area contributed by atoms with Crippen molar-refractivity contribution < 1.29 is 19.1 Å². The van der Waals surface area contributed by atoms with Crippen LogP contribution in [0.3, 0.4) is 0 Å². The Bertz CT molecular complexity index is 784. The van der Waals surface area contributed by atoms with E-state index in [1.807, 2.05) is 24.4 Å². The second kappa shape index (κ2) is 7.88. The molecule has 0 spiro atoms. The summed E-state index contributed by atoms with van der Waals surface area (Å²) in [7, 11) is 1.55. The lowest BCUT2D eigenvalue weighted by Crippen LogP contribution is -2.57. The van der Waals surface area contributed by atoms with Crippen LogP contribution in [-0.4, -0.2) is 60.7 Å². The van der Waals surface area contributed by atoms with Crippen LogP contribution in [-0.2, 0) is 25.5 Å². The van der Waals surface area contributed by atoms with Gasteiger partial charge in [0.15, 0.2) is 0 Å². The Kier molecular flexibility index (Phi) is 5.58. The Morgan fingerprint density at radius 2 is 2.19 bits per heavy atom. The molecule has 2 aromatic rings. The first kappa shape index (κ1) is 18.4. The molecule has 1 atom stereocenters. The van der Waals surface area contributed by atoms with Gasteiger partial charge in [-0.15, -0.1) is 0 Å². The number of nitrogens with zero attached hydrogens (tertiary/aromatic N) is 1. The highest BCUT2D eigenvalue weighted by molar-refractivity contribution is 5.84. The van der Waals surface area contributed by atoms with Gasteiger partial charge in [0.25, 0.3) is 0 Å². The highest BCUT2D eigenvalue weighted by atomic mass is 16.5. The van der Waals surface area contributed by atoms with E-state index in [2.05, 4.69) is 11.1 Å². The number of primary amides is 1. The van der Waals surface area contributed by atoms with Crippen LogP contribution < -0.4 is 5.73 Å². The number of ether oxygens (including phenoxy) is 2. The SMILES string of the molecule is COC[C@]1(CC(N)=O)CN(C(=O)CCc2c[nH]c3ccccc23)CCO1. The van der Waals surface area contributed by atoms with Crippen LogP contribution in [0, 0.1) is 0 Å². The first-order valence-corrected chi connectivity index (χ1v) is 8.77. The molecular formula is C19H25N3O4. The molecule has 1 aliphatic rings. The lowest BCUT2D eigenvalue weighted by Gasteiger charge is -2.41. The van der Waals surface area contributed by atoms with Crippen molar-refractivity contribution in [3.8, 4) is 0 Å². The van der Waals surface area contributed by atoms with Crippen LogP contribution in [0.1, 0.15) is 18.4 Å². The Morgan fingerprint density at radius 3 is 2.96 bits per heavy atom. The number of hydrogen-bond acceptors (Lipinski definition) is 4. The van der Waals surface area contributed by atoms with E-state index in [1.165, 1.54) is 0 Å². The van der Waals surface area contributed by atoms with E-state index in [-0.39, 0.29) is 18.9 Å². The molecule has 0 aliphatic carbocycles. The minimum absolute atomic E-state index is 0.0348. The second-order valence-corrected chi connectivity index (χ2v) is 6.78. The minimum atomic E-state index is -0.852. The third-order valence-electron chi connectivity index (χ3n) is 4.79. The van der Waals surface area contributed by atoms with Gasteiger partial charge in [0.2, 0.25) is 11.8 Å². The van der Waals surface area contributed by atoms with Crippen LogP contribution in [0.4, 0.5) is 0 Å². The number of rotatable bonds is 7. The molecule has 0 bridgehead atoms. The molecule has 1 aromatic heterocycles. The fourth-order valence-electron chi connectivity index (χ4n) is 3.62. The quantitative estimate of drug-likeness (QED) is 0.777. The number of benzene rings is 1. The number of aromatic nitrogens is 1. The van der Waals surface area contributed by atoms with Crippen LogP contribution in [0.2, 0.25) is 0 Å². The zero-order valence-corrected chi connectivity index (χ0v) is 15.0. The summed E-state index contributed by atoms with van der Waals surface area (Å²) in [6, 6.07) is 8.05. The molecule has 1 aromatic carbocycles. The van der Waals surface area contributed by atoms with Gasteiger partial charge in [-0.3, -0.25) is 9.59 Å². The van der Waals surface area contributed by atoms with Crippen LogP contribution in [0.15, 0.2) is 30.5 Å². The predicted molar refractivity (Wildman–Crippen MR) is 97.6 cm³/mol. The maximum atomic E-state index is 12.7. The van der Waals surface area contributed by atoms with E-state index in [0.29, 0.717) is 32.5 Å². The number of carbonyl (C=O) groups is 2. The summed E-state index contributed by atoms with van der Waals surface area (Å²) in [6.07, 6.45) is 3.06. The van der Waals surface area contributed by atoms with Crippen molar-refractivity contribution in [2.24, 2.45) is 5.73 Å². The molecule has 3 N–H and O–H groups in total. The average molecular weight is 359 g/mol. The molecule has 7 heteroatoms. The van der Waals surface area contributed by atoms with Gasteiger partial charge < -0.3 is 25.1 Å². The molecule has 0 unspecified atom stereocenters. The normalized spacial score (nSPS) is 20.4. The number of aromatic amines is 1. The summed E-state index contributed by atoms with van der Waals surface area (Å²) in [5.74, 6) is -0.418. The van der Waals surface area contributed by atoms with Gasteiger partial charge in [-0.2, -0.15) is 0 Å². The Morgan fingerprint density at radius 1 is 1.38 bits per heavy atom. The molecule has 1 saturated heterocycles. The maximum absolute atomic E-state index is 12.7. The molecule has 7 nitrogen and oxygen atoms in total. The van der Waals surface area contributed by atoms with Gasteiger partial charge in [0.05, 0.1) is 26.2 Å². The van der Waals surface area contributed by atoms with Gasteiger partial charge in [0, 0.05) is 37.2 Å². The van der Waals surface area contributed by atoms with E-state index < -0.39 is 11.5 Å². The molecule has 26 heavy (non-hydrogen) atoms.